The zero-order chi connectivity index (χ0) is 22.5. The van der Waals surface area contributed by atoms with Crippen molar-refractivity contribution < 1.29 is 4.79 Å². The van der Waals surface area contributed by atoms with Crippen molar-refractivity contribution in [1.82, 2.24) is 10.6 Å². The molecule has 6 nitrogen and oxygen atoms in total. The lowest BCUT2D eigenvalue weighted by atomic mass is 10.0. The van der Waals surface area contributed by atoms with Crippen molar-refractivity contribution in [2.45, 2.75) is 110 Å². The number of primary amides is 1. The molecular weight excluding hydrogens is 374 g/mol. The van der Waals surface area contributed by atoms with Gasteiger partial charge in [0.1, 0.15) is 0 Å². The molecule has 0 aromatic heterocycles. The van der Waals surface area contributed by atoms with Gasteiger partial charge in [-0.15, -0.1) is 0 Å². The Bertz CT molecular complexity index is 308. The molecule has 30 heavy (non-hydrogen) atoms. The van der Waals surface area contributed by atoms with Crippen LogP contribution >= 0.6 is 0 Å². The molecule has 0 radical (unpaired) electrons. The highest BCUT2D eigenvalue weighted by Crippen LogP contribution is 2.13. The van der Waals surface area contributed by atoms with Crippen molar-refractivity contribution in [3.05, 3.63) is 0 Å². The SMILES string of the molecule is CCCCCCCCCCCCCCCCCC(N)=O.NCCNCCNCCN. The van der Waals surface area contributed by atoms with Gasteiger partial charge in [-0.3, -0.25) is 4.79 Å². The van der Waals surface area contributed by atoms with Gasteiger partial charge in [-0.25, -0.2) is 0 Å². The van der Waals surface area contributed by atoms with Crippen LogP contribution in [-0.4, -0.2) is 45.2 Å². The van der Waals surface area contributed by atoms with Gasteiger partial charge < -0.3 is 27.8 Å². The Morgan fingerprint density at radius 2 is 0.900 bits per heavy atom. The number of unbranched alkanes of at least 4 members (excludes halogenated alkanes) is 14. The molecule has 0 unspecified atom stereocenters. The van der Waals surface area contributed by atoms with E-state index in [9.17, 15) is 4.79 Å². The number of nitrogens with one attached hydrogen (secondary N) is 2. The molecule has 0 fully saturated rings. The summed E-state index contributed by atoms with van der Waals surface area (Å²) < 4.78 is 0. The molecular formula is C24H55N5O. The van der Waals surface area contributed by atoms with Crippen molar-refractivity contribution in [3.8, 4) is 0 Å². The monoisotopic (exact) mass is 429 g/mol. The number of carbonyl (C=O) groups is 1. The predicted octanol–water partition coefficient (Wildman–Crippen LogP) is 3.82. The minimum absolute atomic E-state index is 0.153. The molecule has 0 rings (SSSR count). The Kier molecular flexibility index (Phi) is 32.0. The second-order valence-electron chi connectivity index (χ2n) is 8.24. The summed E-state index contributed by atoms with van der Waals surface area (Å²) in [4.78, 5) is 10.6. The van der Waals surface area contributed by atoms with Crippen molar-refractivity contribution >= 4 is 5.91 Å². The van der Waals surface area contributed by atoms with Crippen molar-refractivity contribution in [3.63, 3.8) is 0 Å². The molecule has 6 heteroatoms. The Morgan fingerprint density at radius 3 is 1.20 bits per heavy atom. The normalized spacial score (nSPS) is 10.6. The van der Waals surface area contributed by atoms with Gasteiger partial charge in [0, 0.05) is 45.7 Å². The van der Waals surface area contributed by atoms with E-state index in [0.717, 1.165) is 32.6 Å². The van der Waals surface area contributed by atoms with Gasteiger partial charge in [-0.05, 0) is 6.42 Å². The fourth-order valence-electron chi connectivity index (χ4n) is 3.30. The highest BCUT2D eigenvalue weighted by molar-refractivity contribution is 5.73. The number of amides is 1. The quantitative estimate of drug-likeness (QED) is 0.158. The van der Waals surface area contributed by atoms with Gasteiger partial charge in [-0.1, -0.05) is 96.8 Å². The Balaban J connectivity index is 0. The Hall–Kier alpha value is -0.690. The molecule has 0 aliphatic carbocycles. The van der Waals surface area contributed by atoms with E-state index in [1.54, 1.807) is 0 Å². The average Bonchev–Trinajstić information content (AvgIpc) is 2.74. The molecule has 0 aromatic carbocycles. The summed E-state index contributed by atoms with van der Waals surface area (Å²) in [7, 11) is 0. The lowest BCUT2D eigenvalue weighted by Crippen LogP contribution is -2.32. The molecule has 0 aromatic rings. The van der Waals surface area contributed by atoms with E-state index in [4.69, 9.17) is 17.2 Å². The van der Waals surface area contributed by atoms with Crippen molar-refractivity contribution in [2.24, 2.45) is 17.2 Å². The molecule has 1 amide bonds. The van der Waals surface area contributed by atoms with Gasteiger partial charge >= 0.3 is 0 Å². The Labute approximate surface area is 187 Å². The summed E-state index contributed by atoms with van der Waals surface area (Å²) >= 11 is 0. The predicted molar refractivity (Wildman–Crippen MR) is 133 cm³/mol. The highest BCUT2D eigenvalue weighted by atomic mass is 16.1. The zero-order valence-electron chi connectivity index (χ0n) is 20.2. The fraction of sp³-hybridized carbons (Fsp3) is 0.958. The van der Waals surface area contributed by atoms with E-state index in [-0.39, 0.29) is 5.91 Å². The highest BCUT2D eigenvalue weighted by Gasteiger charge is 1.96. The van der Waals surface area contributed by atoms with Crippen LogP contribution in [0.25, 0.3) is 0 Å². The summed E-state index contributed by atoms with van der Waals surface area (Å²) in [6, 6.07) is 0. The minimum atomic E-state index is -0.153. The smallest absolute Gasteiger partial charge is 0.217 e. The molecule has 0 aliphatic heterocycles. The first-order valence-electron chi connectivity index (χ1n) is 12.8. The third-order valence-electron chi connectivity index (χ3n) is 5.15. The first-order chi connectivity index (χ1) is 14.7. The van der Waals surface area contributed by atoms with Crippen LogP contribution in [0.5, 0.6) is 0 Å². The molecule has 0 spiro atoms. The van der Waals surface area contributed by atoms with E-state index >= 15 is 0 Å². The minimum Gasteiger partial charge on any atom is -0.370 e. The third-order valence-corrected chi connectivity index (χ3v) is 5.15. The third kappa shape index (κ3) is 34.8. The molecule has 182 valence electrons. The lowest BCUT2D eigenvalue weighted by Gasteiger charge is -2.03. The molecule has 0 saturated heterocycles. The van der Waals surface area contributed by atoms with E-state index in [1.165, 1.54) is 89.9 Å². The molecule has 0 aliphatic rings. The van der Waals surface area contributed by atoms with Crippen LogP contribution in [0, 0.1) is 0 Å². The van der Waals surface area contributed by atoms with Gasteiger partial charge in [0.25, 0.3) is 0 Å². The molecule has 0 atom stereocenters. The van der Waals surface area contributed by atoms with E-state index < -0.39 is 0 Å². The number of rotatable bonds is 23. The summed E-state index contributed by atoms with van der Waals surface area (Å²) in [5, 5.41) is 6.33. The van der Waals surface area contributed by atoms with Gasteiger partial charge in [0.05, 0.1) is 0 Å². The zero-order valence-corrected chi connectivity index (χ0v) is 20.2. The average molecular weight is 430 g/mol. The maximum absolute atomic E-state index is 10.6. The number of hydrogen-bond acceptors (Lipinski definition) is 5. The van der Waals surface area contributed by atoms with E-state index in [2.05, 4.69) is 17.6 Å². The summed E-state index contributed by atoms with van der Waals surface area (Å²) in [5.74, 6) is -0.153. The van der Waals surface area contributed by atoms with Gasteiger partial charge in [-0.2, -0.15) is 0 Å². The van der Waals surface area contributed by atoms with Gasteiger partial charge in [0.2, 0.25) is 5.91 Å². The molecule has 0 bridgehead atoms. The number of carbonyl (C=O) groups excluding carboxylic acids is 1. The maximum atomic E-state index is 10.6. The summed E-state index contributed by atoms with van der Waals surface area (Å²) in [6.45, 7) is 7.41. The fourth-order valence-corrected chi connectivity index (χ4v) is 3.30. The van der Waals surface area contributed by atoms with Crippen LogP contribution in [0.2, 0.25) is 0 Å². The Morgan fingerprint density at radius 1 is 0.567 bits per heavy atom. The van der Waals surface area contributed by atoms with Crippen LogP contribution in [-0.2, 0) is 4.79 Å². The van der Waals surface area contributed by atoms with Crippen LogP contribution in [0.4, 0.5) is 0 Å². The number of hydrogen-bond donors (Lipinski definition) is 5. The van der Waals surface area contributed by atoms with E-state index in [0.29, 0.717) is 19.5 Å². The van der Waals surface area contributed by atoms with Crippen LogP contribution < -0.4 is 27.8 Å². The first kappa shape index (κ1) is 31.5. The second kappa shape index (κ2) is 30.5. The number of nitrogens with two attached hydrogens (primary N) is 3. The van der Waals surface area contributed by atoms with Crippen molar-refractivity contribution in [2.75, 3.05) is 39.3 Å². The standard InChI is InChI=1S/C18H37NO.C6H18N4/c1-2-3-4-5-6-7-8-9-10-11-12-13-14-15-16-17-18(19)20;7-1-3-9-5-6-10-4-2-8/h2-17H2,1H3,(H2,19,20);9-10H,1-8H2. The second-order valence-corrected chi connectivity index (χ2v) is 8.24. The molecule has 0 heterocycles. The maximum Gasteiger partial charge on any atom is 0.217 e. The van der Waals surface area contributed by atoms with Gasteiger partial charge in [0.15, 0.2) is 0 Å². The summed E-state index contributed by atoms with van der Waals surface area (Å²) in [5.41, 5.74) is 15.6. The lowest BCUT2D eigenvalue weighted by molar-refractivity contribution is -0.118. The van der Waals surface area contributed by atoms with Crippen LogP contribution in [0.3, 0.4) is 0 Å². The largest absolute Gasteiger partial charge is 0.370 e. The molecule has 8 N–H and O–H groups in total. The topological polar surface area (TPSA) is 119 Å². The van der Waals surface area contributed by atoms with Crippen LogP contribution in [0.1, 0.15) is 110 Å². The molecule has 0 saturated carbocycles. The first-order valence-corrected chi connectivity index (χ1v) is 12.8. The van der Waals surface area contributed by atoms with Crippen molar-refractivity contribution in [1.29, 1.82) is 0 Å². The van der Waals surface area contributed by atoms with E-state index in [1.807, 2.05) is 0 Å². The van der Waals surface area contributed by atoms with Crippen LogP contribution in [0.15, 0.2) is 0 Å². The summed E-state index contributed by atoms with van der Waals surface area (Å²) in [6.07, 6.45) is 20.9.